The lowest BCUT2D eigenvalue weighted by molar-refractivity contribution is -0.0768. The van der Waals surface area contributed by atoms with Crippen molar-refractivity contribution in [3.8, 4) is 16.9 Å². The number of rotatable bonds is 3. The molecule has 0 atom stereocenters. The molecular weight excluding hydrogens is 406 g/mol. The SMILES string of the molecule is O=C(c1ccc(-n2cc(-c3cc4cc(Cl)ccc4[nH]c3=O)nn2)cc1)N1CCCO1. The monoisotopic (exact) mass is 421 g/mol. The zero-order chi connectivity index (χ0) is 20.7. The number of carbonyl (C=O) groups is 1. The van der Waals surface area contributed by atoms with E-state index in [2.05, 4.69) is 15.3 Å². The Balaban J connectivity index is 1.44. The Kier molecular flexibility index (Phi) is 4.57. The molecule has 0 radical (unpaired) electrons. The molecule has 1 aliphatic rings. The summed E-state index contributed by atoms with van der Waals surface area (Å²) in [6.07, 6.45) is 2.51. The van der Waals surface area contributed by atoms with E-state index in [9.17, 15) is 9.59 Å². The number of aromatic nitrogens is 4. The first-order chi connectivity index (χ1) is 14.6. The van der Waals surface area contributed by atoms with Crippen LogP contribution in [0.25, 0.3) is 27.8 Å². The molecule has 2 aromatic heterocycles. The normalized spacial score (nSPS) is 13.8. The van der Waals surface area contributed by atoms with E-state index in [4.69, 9.17) is 16.4 Å². The maximum atomic E-state index is 12.5. The highest BCUT2D eigenvalue weighted by Crippen LogP contribution is 2.22. The number of pyridine rings is 1. The highest BCUT2D eigenvalue weighted by atomic mass is 35.5. The van der Waals surface area contributed by atoms with Crippen molar-refractivity contribution in [3.05, 3.63) is 75.7 Å². The predicted molar refractivity (Wildman–Crippen MR) is 112 cm³/mol. The van der Waals surface area contributed by atoms with E-state index in [1.165, 1.54) is 5.06 Å². The van der Waals surface area contributed by atoms with Crippen LogP contribution in [-0.2, 0) is 4.84 Å². The summed E-state index contributed by atoms with van der Waals surface area (Å²) in [6, 6.07) is 14.0. The zero-order valence-electron chi connectivity index (χ0n) is 15.7. The average molecular weight is 422 g/mol. The molecule has 3 heterocycles. The van der Waals surface area contributed by atoms with Crippen molar-refractivity contribution in [2.24, 2.45) is 0 Å². The zero-order valence-corrected chi connectivity index (χ0v) is 16.5. The molecule has 0 unspecified atom stereocenters. The molecule has 9 heteroatoms. The smallest absolute Gasteiger partial charge is 0.277 e. The van der Waals surface area contributed by atoms with Crippen LogP contribution in [0.3, 0.4) is 0 Å². The highest BCUT2D eigenvalue weighted by molar-refractivity contribution is 6.31. The summed E-state index contributed by atoms with van der Waals surface area (Å²) in [6.45, 7) is 1.16. The maximum Gasteiger partial charge on any atom is 0.277 e. The van der Waals surface area contributed by atoms with Crippen molar-refractivity contribution in [3.63, 3.8) is 0 Å². The molecule has 30 heavy (non-hydrogen) atoms. The number of amides is 1. The molecule has 0 aliphatic carbocycles. The van der Waals surface area contributed by atoms with Gasteiger partial charge in [0, 0.05) is 21.5 Å². The molecule has 1 saturated heterocycles. The van der Waals surface area contributed by atoms with Gasteiger partial charge in [-0.15, -0.1) is 5.10 Å². The third kappa shape index (κ3) is 3.36. The van der Waals surface area contributed by atoms with Crippen LogP contribution in [0.1, 0.15) is 16.8 Å². The van der Waals surface area contributed by atoms with E-state index in [1.807, 2.05) is 0 Å². The number of carbonyl (C=O) groups excluding carboxylic acids is 1. The van der Waals surface area contributed by atoms with Crippen molar-refractivity contribution in [2.45, 2.75) is 6.42 Å². The van der Waals surface area contributed by atoms with Crippen molar-refractivity contribution in [1.29, 1.82) is 0 Å². The highest BCUT2D eigenvalue weighted by Gasteiger charge is 2.20. The molecule has 0 bridgehead atoms. The Hall–Kier alpha value is -3.49. The second kappa shape index (κ2) is 7.40. The number of hydrogen-bond acceptors (Lipinski definition) is 5. The maximum absolute atomic E-state index is 12.5. The third-order valence-electron chi connectivity index (χ3n) is 4.93. The lowest BCUT2D eigenvalue weighted by atomic mass is 10.1. The van der Waals surface area contributed by atoms with Crippen LogP contribution in [0, 0.1) is 0 Å². The first-order valence-corrected chi connectivity index (χ1v) is 9.77. The van der Waals surface area contributed by atoms with Gasteiger partial charge in [0.25, 0.3) is 11.5 Å². The number of nitrogens with one attached hydrogen (secondary N) is 1. The standard InChI is InChI=1S/C21H16ClN5O3/c22-15-4-7-18-14(10-15)11-17(20(28)23-18)19-12-26(25-24-19)16-5-2-13(3-6-16)21(29)27-8-1-9-30-27/h2-7,10-12H,1,8-9H2,(H,23,28). The van der Waals surface area contributed by atoms with Gasteiger partial charge in [0.05, 0.1) is 30.6 Å². The summed E-state index contributed by atoms with van der Waals surface area (Å²) in [4.78, 5) is 33.0. The number of hydrogen-bond donors (Lipinski definition) is 1. The predicted octanol–water partition coefficient (Wildman–Crippen LogP) is 3.21. The number of nitrogens with zero attached hydrogens (tertiary/aromatic N) is 4. The molecular formula is C21H16ClN5O3. The Bertz CT molecular complexity index is 1310. The largest absolute Gasteiger partial charge is 0.321 e. The van der Waals surface area contributed by atoms with Crippen LogP contribution >= 0.6 is 11.6 Å². The second-order valence-corrected chi connectivity index (χ2v) is 7.37. The van der Waals surface area contributed by atoms with Crippen LogP contribution in [-0.4, -0.2) is 44.1 Å². The average Bonchev–Trinajstić information content (AvgIpc) is 3.46. The topological polar surface area (TPSA) is 93.1 Å². The van der Waals surface area contributed by atoms with Crippen LogP contribution in [0.5, 0.6) is 0 Å². The van der Waals surface area contributed by atoms with Gasteiger partial charge in [0.2, 0.25) is 0 Å². The van der Waals surface area contributed by atoms with Crippen LogP contribution < -0.4 is 5.56 Å². The molecule has 2 aromatic carbocycles. The van der Waals surface area contributed by atoms with Gasteiger partial charge < -0.3 is 4.98 Å². The van der Waals surface area contributed by atoms with Gasteiger partial charge in [0.15, 0.2) is 0 Å². The first kappa shape index (κ1) is 18.5. The molecule has 0 spiro atoms. The van der Waals surface area contributed by atoms with E-state index in [0.29, 0.717) is 46.2 Å². The minimum atomic E-state index is -0.261. The van der Waals surface area contributed by atoms with E-state index >= 15 is 0 Å². The summed E-state index contributed by atoms with van der Waals surface area (Å²) >= 11 is 6.06. The van der Waals surface area contributed by atoms with Crippen LogP contribution in [0.4, 0.5) is 0 Å². The summed E-state index contributed by atoms with van der Waals surface area (Å²) < 4.78 is 1.55. The fraction of sp³-hybridized carbons (Fsp3) is 0.143. The molecule has 0 saturated carbocycles. The van der Waals surface area contributed by atoms with Gasteiger partial charge >= 0.3 is 0 Å². The molecule has 1 aliphatic heterocycles. The molecule has 1 N–H and O–H groups in total. The van der Waals surface area contributed by atoms with E-state index in [-0.39, 0.29) is 11.5 Å². The summed E-state index contributed by atoms with van der Waals surface area (Å²) in [5.74, 6) is -0.167. The fourth-order valence-corrected chi connectivity index (χ4v) is 3.57. The number of H-pyrrole nitrogens is 1. The quantitative estimate of drug-likeness (QED) is 0.548. The Morgan fingerprint density at radius 1 is 1.13 bits per heavy atom. The Labute approximate surface area is 175 Å². The summed E-state index contributed by atoms with van der Waals surface area (Å²) in [7, 11) is 0. The van der Waals surface area contributed by atoms with E-state index in [0.717, 1.165) is 11.8 Å². The van der Waals surface area contributed by atoms with Gasteiger partial charge in [-0.25, -0.2) is 9.75 Å². The number of benzene rings is 2. The number of aromatic amines is 1. The molecule has 4 aromatic rings. The summed E-state index contributed by atoms with van der Waals surface area (Å²) in [5, 5.41) is 11.0. The van der Waals surface area contributed by atoms with Crippen molar-refractivity contribution in [2.75, 3.05) is 13.2 Å². The number of fused-ring (bicyclic) bond motifs is 1. The van der Waals surface area contributed by atoms with Crippen LogP contribution in [0.15, 0.2) is 59.5 Å². The molecule has 1 amide bonds. The van der Waals surface area contributed by atoms with Gasteiger partial charge in [-0.05, 0) is 55.0 Å². The van der Waals surface area contributed by atoms with E-state index in [1.54, 1.807) is 59.4 Å². The number of hydroxylamine groups is 2. The van der Waals surface area contributed by atoms with Crippen LogP contribution in [0.2, 0.25) is 5.02 Å². The Morgan fingerprint density at radius 2 is 1.97 bits per heavy atom. The minimum Gasteiger partial charge on any atom is -0.321 e. The fourth-order valence-electron chi connectivity index (χ4n) is 3.39. The third-order valence-corrected chi connectivity index (χ3v) is 5.17. The lowest BCUT2D eigenvalue weighted by Gasteiger charge is -2.13. The van der Waals surface area contributed by atoms with Gasteiger partial charge in [-0.1, -0.05) is 16.8 Å². The van der Waals surface area contributed by atoms with Gasteiger partial charge in [-0.3, -0.25) is 14.4 Å². The van der Waals surface area contributed by atoms with Crippen molar-refractivity contribution < 1.29 is 9.63 Å². The van der Waals surface area contributed by atoms with Gasteiger partial charge in [-0.2, -0.15) is 0 Å². The molecule has 5 rings (SSSR count). The van der Waals surface area contributed by atoms with E-state index < -0.39 is 0 Å². The molecule has 1 fully saturated rings. The van der Waals surface area contributed by atoms with Crippen molar-refractivity contribution in [1.82, 2.24) is 25.0 Å². The lowest BCUT2D eigenvalue weighted by Crippen LogP contribution is -2.26. The molecule has 8 nitrogen and oxygen atoms in total. The van der Waals surface area contributed by atoms with Gasteiger partial charge in [0.1, 0.15) is 5.69 Å². The minimum absolute atomic E-state index is 0.167. The molecule has 150 valence electrons. The summed E-state index contributed by atoms with van der Waals surface area (Å²) in [5.41, 5.74) is 2.51. The number of halogens is 1. The Morgan fingerprint density at radius 3 is 2.73 bits per heavy atom. The first-order valence-electron chi connectivity index (χ1n) is 9.39. The second-order valence-electron chi connectivity index (χ2n) is 6.93. The van der Waals surface area contributed by atoms with Crippen molar-refractivity contribution >= 4 is 28.4 Å².